The van der Waals surface area contributed by atoms with Crippen molar-refractivity contribution < 1.29 is 14.3 Å². The fraction of sp³-hybridized carbons (Fsp3) is 0.483. The van der Waals surface area contributed by atoms with Gasteiger partial charge in [-0.05, 0) is 54.6 Å². The zero-order valence-corrected chi connectivity index (χ0v) is 22.5. The second kappa shape index (κ2) is 10.8. The van der Waals surface area contributed by atoms with Crippen molar-refractivity contribution in [2.75, 3.05) is 63.0 Å². The van der Waals surface area contributed by atoms with E-state index in [1.54, 1.807) is 12.0 Å². The maximum Gasteiger partial charge on any atom is 0.229 e. The molecule has 7 heteroatoms. The molecule has 6 nitrogen and oxygen atoms in total. The van der Waals surface area contributed by atoms with Crippen LogP contribution in [0, 0.1) is 0 Å². The van der Waals surface area contributed by atoms with E-state index in [1.807, 2.05) is 23.5 Å². The molecule has 0 atom stereocenters. The summed E-state index contributed by atoms with van der Waals surface area (Å²) in [6, 6.07) is 15.0. The molecule has 1 aromatic heterocycles. The van der Waals surface area contributed by atoms with Crippen LogP contribution in [0.2, 0.25) is 0 Å². The Kier molecular flexibility index (Phi) is 7.51. The van der Waals surface area contributed by atoms with Crippen LogP contribution in [0.1, 0.15) is 38.7 Å². The molecule has 3 heterocycles. The molecule has 2 aliphatic rings. The molecular formula is C29H37N3O3S. The molecule has 1 fully saturated rings. The lowest BCUT2D eigenvalue weighted by Crippen LogP contribution is -2.46. The number of benzene rings is 2. The average molecular weight is 508 g/mol. The normalized spacial score (nSPS) is 18.0. The van der Waals surface area contributed by atoms with Crippen LogP contribution >= 0.6 is 11.3 Å². The zero-order chi connectivity index (χ0) is 25.1. The van der Waals surface area contributed by atoms with Crippen LogP contribution in [0.4, 0.5) is 11.4 Å². The summed E-state index contributed by atoms with van der Waals surface area (Å²) in [5.74, 6) is 0.912. The topological polar surface area (TPSA) is 45.2 Å². The first-order valence-electron chi connectivity index (χ1n) is 13.0. The summed E-state index contributed by atoms with van der Waals surface area (Å²) in [6.07, 6.45) is 2.62. The Labute approximate surface area is 218 Å². The van der Waals surface area contributed by atoms with E-state index in [9.17, 15) is 4.79 Å². The summed E-state index contributed by atoms with van der Waals surface area (Å²) < 4.78 is 12.8. The number of carbonyl (C=O) groups excluding carboxylic acids is 1. The van der Waals surface area contributed by atoms with E-state index >= 15 is 0 Å². The second-order valence-corrected chi connectivity index (χ2v) is 11.4. The van der Waals surface area contributed by atoms with E-state index in [-0.39, 0.29) is 18.1 Å². The molecule has 0 bridgehead atoms. The Bertz CT molecular complexity index is 1200. The zero-order valence-electron chi connectivity index (χ0n) is 21.7. The van der Waals surface area contributed by atoms with Crippen LogP contribution in [-0.4, -0.2) is 64.0 Å². The SMILES string of the molecule is COCN1C(=O)CC(C)(C)c2ccc(OCCCCN3CCN(c4cccc5sccc45)CC3)cc21. The van der Waals surface area contributed by atoms with Gasteiger partial charge < -0.3 is 14.4 Å². The summed E-state index contributed by atoms with van der Waals surface area (Å²) >= 11 is 1.82. The molecule has 0 aliphatic carbocycles. The van der Waals surface area contributed by atoms with E-state index in [1.165, 1.54) is 21.3 Å². The summed E-state index contributed by atoms with van der Waals surface area (Å²) in [5, 5.41) is 3.57. The van der Waals surface area contributed by atoms with Gasteiger partial charge in [0.15, 0.2) is 0 Å². The number of carbonyl (C=O) groups is 1. The third-order valence-electron chi connectivity index (χ3n) is 7.46. The van der Waals surface area contributed by atoms with Crippen molar-refractivity contribution in [3.05, 3.63) is 53.4 Å². The molecule has 0 radical (unpaired) electrons. The number of ether oxygens (including phenoxy) is 2. The lowest BCUT2D eigenvalue weighted by molar-refractivity contribution is -0.121. The number of anilines is 2. The smallest absolute Gasteiger partial charge is 0.229 e. The summed E-state index contributed by atoms with van der Waals surface area (Å²) in [6.45, 7) is 10.7. The number of piperazine rings is 1. The van der Waals surface area contributed by atoms with E-state index in [2.05, 4.69) is 59.4 Å². The Balaban J connectivity index is 1.08. The van der Waals surface area contributed by atoms with Crippen molar-refractivity contribution in [3.8, 4) is 5.75 Å². The number of fused-ring (bicyclic) bond motifs is 2. The fourth-order valence-electron chi connectivity index (χ4n) is 5.46. The first kappa shape index (κ1) is 25.1. The van der Waals surface area contributed by atoms with Gasteiger partial charge in [0, 0.05) is 67.0 Å². The number of unbranched alkanes of at least 4 members (excludes halogenated alkanes) is 1. The van der Waals surface area contributed by atoms with Gasteiger partial charge in [0.2, 0.25) is 5.91 Å². The molecule has 5 rings (SSSR count). The van der Waals surface area contributed by atoms with Gasteiger partial charge in [-0.3, -0.25) is 14.6 Å². The highest BCUT2D eigenvalue weighted by Crippen LogP contribution is 2.42. The highest BCUT2D eigenvalue weighted by molar-refractivity contribution is 7.17. The molecule has 0 unspecified atom stereocenters. The van der Waals surface area contributed by atoms with E-state index in [0.29, 0.717) is 13.0 Å². The van der Waals surface area contributed by atoms with Gasteiger partial charge in [-0.25, -0.2) is 0 Å². The lowest BCUT2D eigenvalue weighted by Gasteiger charge is -2.38. The highest BCUT2D eigenvalue weighted by atomic mass is 32.1. The number of hydrogen-bond donors (Lipinski definition) is 0. The molecule has 0 N–H and O–H groups in total. The molecule has 3 aromatic rings. The Morgan fingerprint density at radius 1 is 1.00 bits per heavy atom. The molecule has 2 aromatic carbocycles. The summed E-state index contributed by atoms with van der Waals surface area (Å²) in [5.41, 5.74) is 3.27. The number of methoxy groups -OCH3 is 1. The minimum absolute atomic E-state index is 0.0959. The van der Waals surface area contributed by atoms with Crippen LogP contribution < -0.4 is 14.5 Å². The second-order valence-electron chi connectivity index (χ2n) is 10.5. The Hall–Kier alpha value is -2.61. The predicted octanol–water partition coefficient (Wildman–Crippen LogP) is 5.50. The molecule has 1 saturated heterocycles. The van der Waals surface area contributed by atoms with Gasteiger partial charge in [0.1, 0.15) is 12.5 Å². The van der Waals surface area contributed by atoms with Crippen molar-refractivity contribution >= 4 is 38.7 Å². The molecule has 192 valence electrons. The molecular weight excluding hydrogens is 470 g/mol. The number of thiophene rings is 1. The molecule has 0 saturated carbocycles. The third kappa shape index (κ3) is 5.24. The minimum atomic E-state index is -0.185. The van der Waals surface area contributed by atoms with Crippen LogP contribution in [0.25, 0.3) is 10.1 Å². The minimum Gasteiger partial charge on any atom is -0.494 e. The van der Waals surface area contributed by atoms with Crippen LogP contribution in [0.5, 0.6) is 5.75 Å². The fourth-order valence-corrected chi connectivity index (χ4v) is 6.27. The van der Waals surface area contributed by atoms with E-state index in [0.717, 1.165) is 57.0 Å². The monoisotopic (exact) mass is 507 g/mol. The molecule has 1 amide bonds. The van der Waals surface area contributed by atoms with Crippen LogP contribution in [0.15, 0.2) is 47.8 Å². The first-order valence-corrected chi connectivity index (χ1v) is 13.8. The van der Waals surface area contributed by atoms with Gasteiger partial charge in [-0.15, -0.1) is 11.3 Å². The van der Waals surface area contributed by atoms with Crippen LogP contribution in [-0.2, 0) is 14.9 Å². The largest absolute Gasteiger partial charge is 0.494 e. The quantitative estimate of drug-likeness (QED) is 0.358. The first-order chi connectivity index (χ1) is 17.5. The van der Waals surface area contributed by atoms with Gasteiger partial charge in [-0.2, -0.15) is 0 Å². The van der Waals surface area contributed by atoms with Crippen molar-refractivity contribution in [1.29, 1.82) is 0 Å². The van der Waals surface area contributed by atoms with Crippen molar-refractivity contribution in [2.45, 2.75) is 38.5 Å². The maximum atomic E-state index is 12.7. The number of rotatable bonds is 9. The highest BCUT2D eigenvalue weighted by Gasteiger charge is 2.36. The van der Waals surface area contributed by atoms with Crippen molar-refractivity contribution in [1.82, 2.24) is 4.90 Å². The van der Waals surface area contributed by atoms with Gasteiger partial charge in [0.25, 0.3) is 0 Å². The number of amides is 1. The Morgan fingerprint density at radius 3 is 2.64 bits per heavy atom. The van der Waals surface area contributed by atoms with E-state index < -0.39 is 0 Å². The molecule has 2 aliphatic heterocycles. The van der Waals surface area contributed by atoms with Crippen molar-refractivity contribution in [3.63, 3.8) is 0 Å². The lowest BCUT2D eigenvalue weighted by atomic mass is 9.77. The molecule has 36 heavy (non-hydrogen) atoms. The predicted molar refractivity (Wildman–Crippen MR) is 149 cm³/mol. The third-order valence-corrected chi connectivity index (χ3v) is 8.35. The molecule has 0 spiro atoms. The van der Waals surface area contributed by atoms with Crippen LogP contribution in [0.3, 0.4) is 0 Å². The van der Waals surface area contributed by atoms with Crippen molar-refractivity contribution in [2.24, 2.45) is 0 Å². The summed E-state index contributed by atoms with van der Waals surface area (Å²) in [4.78, 5) is 19.5. The van der Waals surface area contributed by atoms with Gasteiger partial charge >= 0.3 is 0 Å². The number of hydrogen-bond acceptors (Lipinski definition) is 6. The summed E-state index contributed by atoms with van der Waals surface area (Å²) in [7, 11) is 1.62. The maximum absolute atomic E-state index is 12.7. The van der Waals surface area contributed by atoms with E-state index in [4.69, 9.17) is 9.47 Å². The Morgan fingerprint density at radius 2 is 1.83 bits per heavy atom. The number of nitrogens with zero attached hydrogens (tertiary/aromatic N) is 3. The van der Waals surface area contributed by atoms with Gasteiger partial charge in [-0.1, -0.05) is 26.0 Å². The standard InChI is InChI=1S/C29H37N3O3S/c1-29(2)20-28(33)32(21-34-3)26-19-22(9-10-24(26)29)35-17-5-4-12-30-13-15-31(16-14-30)25-7-6-8-27-23(25)11-18-36-27/h6-11,18-19H,4-5,12-17,20-21H2,1-3H3. The average Bonchev–Trinajstić information content (AvgIpc) is 3.35. The van der Waals surface area contributed by atoms with Gasteiger partial charge in [0.05, 0.1) is 12.3 Å².